The van der Waals surface area contributed by atoms with Gasteiger partial charge in [-0.05, 0) is 19.1 Å². The van der Waals surface area contributed by atoms with E-state index < -0.39 is 0 Å². The van der Waals surface area contributed by atoms with Gasteiger partial charge in [-0.2, -0.15) is 5.10 Å². The van der Waals surface area contributed by atoms with Gasteiger partial charge in [-0.25, -0.2) is 9.97 Å². The number of hydrogen-bond donors (Lipinski definition) is 3. The summed E-state index contributed by atoms with van der Waals surface area (Å²) >= 11 is 0. The van der Waals surface area contributed by atoms with Crippen LogP contribution < -0.4 is 5.32 Å². The third-order valence-electron chi connectivity index (χ3n) is 2.79. The molecule has 0 aliphatic carbocycles. The van der Waals surface area contributed by atoms with Crippen LogP contribution in [0.5, 0.6) is 0 Å². The number of H-pyrrole nitrogens is 2. The third-order valence-corrected chi connectivity index (χ3v) is 2.79. The van der Waals surface area contributed by atoms with Gasteiger partial charge in [0.25, 0.3) is 5.91 Å². The molecule has 8 heteroatoms. The quantitative estimate of drug-likeness (QED) is 0.656. The summed E-state index contributed by atoms with van der Waals surface area (Å²) in [4.78, 5) is 27.1. The molecule has 3 aromatic heterocycles. The molecule has 0 radical (unpaired) electrons. The zero-order valence-corrected chi connectivity index (χ0v) is 11.3. The smallest absolute Gasteiger partial charge is 0.269 e. The SMILES string of the molecule is Cc1ncc(C(=O)NCc2nc(-c3ccccn3)n[nH]2)[nH]1. The molecular formula is C13H13N7O. The van der Waals surface area contributed by atoms with Gasteiger partial charge in [0.2, 0.25) is 0 Å². The first-order chi connectivity index (χ1) is 10.2. The number of amides is 1. The maximum Gasteiger partial charge on any atom is 0.269 e. The molecule has 3 aromatic rings. The number of imidazole rings is 1. The molecule has 3 heterocycles. The summed E-state index contributed by atoms with van der Waals surface area (Å²) in [5, 5.41) is 9.57. The first-order valence-electron chi connectivity index (χ1n) is 6.35. The van der Waals surface area contributed by atoms with Gasteiger partial charge in [0.1, 0.15) is 23.0 Å². The number of aryl methyl sites for hydroxylation is 1. The lowest BCUT2D eigenvalue weighted by Gasteiger charge is -1.99. The van der Waals surface area contributed by atoms with Crippen molar-refractivity contribution in [3.05, 3.63) is 47.9 Å². The third kappa shape index (κ3) is 2.94. The van der Waals surface area contributed by atoms with Crippen LogP contribution in [0.25, 0.3) is 11.5 Å². The zero-order chi connectivity index (χ0) is 14.7. The molecule has 8 nitrogen and oxygen atoms in total. The highest BCUT2D eigenvalue weighted by Crippen LogP contribution is 2.09. The molecule has 21 heavy (non-hydrogen) atoms. The van der Waals surface area contributed by atoms with Gasteiger partial charge in [-0.1, -0.05) is 6.07 Å². The lowest BCUT2D eigenvalue weighted by atomic mass is 10.3. The minimum Gasteiger partial charge on any atom is -0.343 e. The number of hydrogen-bond acceptors (Lipinski definition) is 5. The normalized spacial score (nSPS) is 10.5. The average molecular weight is 283 g/mol. The largest absolute Gasteiger partial charge is 0.343 e. The second kappa shape index (κ2) is 5.53. The van der Waals surface area contributed by atoms with E-state index in [0.29, 0.717) is 28.9 Å². The van der Waals surface area contributed by atoms with Gasteiger partial charge in [0.15, 0.2) is 5.82 Å². The Bertz CT molecular complexity index is 747. The monoisotopic (exact) mass is 283 g/mol. The van der Waals surface area contributed by atoms with Gasteiger partial charge >= 0.3 is 0 Å². The van der Waals surface area contributed by atoms with Crippen molar-refractivity contribution in [2.24, 2.45) is 0 Å². The van der Waals surface area contributed by atoms with Crippen LogP contribution in [0.15, 0.2) is 30.6 Å². The van der Waals surface area contributed by atoms with Crippen LogP contribution in [0.1, 0.15) is 22.1 Å². The van der Waals surface area contributed by atoms with E-state index in [4.69, 9.17) is 0 Å². The van der Waals surface area contributed by atoms with Crippen LogP contribution in [0, 0.1) is 6.92 Å². The Morgan fingerprint density at radius 2 is 2.24 bits per heavy atom. The van der Waals surface area contributed by atoms with Crippen molar-refractivity contribution in [2.75, 3.05) is 0 Å². The second-order valence-corrected chi connectivity index (χ2v) is 4.39. The van der Waals surface area contributed by atoms with Crippen LogP contribution >= 0.6 is 0 Å². The molecule has 0 saturated carbocycles. The van der Waals surface area contributed by atoms with Gasteiger partial charge in [0.05, 0.1) is 12.7 Å². The molecule has 0 aromatic carbocycles. The minimum absolute atomic E-state index is 0.244. The topological polar surface area (TPSA) is 112 Å². The summed E-state index contributed by atoms with van der Waals surface area (Å²) in [6.07, 6.45) is 3.16. The molecule has 0 saturated heterocycles. The van der Waals surface area contributed by atoms with E-state index >= 15 is 0 Å². The highest BCUT2D eigenvalue weighted by Gasteiger charge is 2.10. The summed E-state index contributed by atoms with van der Waals surface area (Å²) < 4.78 is 0. The summed E-state index contributed by atoms with van der Waals surface area (Å²) in [6.45, 7) is 2.03. The molecule has 3 rings (SSSR count). The Balaban J connectivity index is 1.64. The first kappa shape index (κ1) is 13.0. The highest BCUT2D eigenvalue weighted by atomic mass is 16.1. The Kier molecular flexibility index (Phi) is 3.42. The van der Waals surface area contributed by atoms with Gasteiger partial charge < -0.3 is 10.3 Å². The Morgan fingerprint density at radius 1 is 1.33 bits per heavy atom. The second-order valence-electron chi connectivity index (χ2n) is 4.39. The van der Waals surface area contributed by atoms with Crippen molar-refractivity contribution in [3.63, 3.8) is 0 Å². The van der Waals surface area contributed by atoms with E-state index in [-0.39, 0.29) is 12.5 Å². The Hall–Kier alpha value is -3.03. The number of nitrogens with zero attached hydrogens (tertiary/aromatic N) is 4. The molecule has 0 bridgehead atoms. The van der Waals surface area contributed by atoms with Crippen LogP contribution in [0.3, 0.4) is 0 Å². The molecular weight excluding hydrogens is 270 g/mol. The number of carbonyl (C=O) groups is 1. The van der Waals surface area contributed by atoms with Crippen molar-refractivity contribution in [2.45, 2.75) is 13.5 Å². The fourth-order valence-corrected chi connectivity index (χ4v) is 1.78. The lowest BCUT2D eigenvalue weighted by molar-refractivity contribution is 0.0945. The van der Waals surface area contributed by atoms with E-state index in [0.717, 1.165) is 0 Å². The maximum atomic E-state index is 11.9. The molecule has 106 valence electrons. The zero-order valence-electron chi connectivity index (χ0n) is 11.3. The molecule has 0 aliphatic heterocycles. The van der Waals surface area contributed by atoms with Crippen molar-refractivity contribution in [3.8, 4) is 11.5 Å². The predicted molar refractivity (Wildman–Crippen MR) is 74.1 cm³/mol. The molecule has 0 atom stereocenters. The fraction of sp³-hybridized carbons (Fsp3) is 0.154. The van der Waals surface area contributed by atoms with Crippen LogP contribution in [0.2, 0.25) is 0 Å². The highest BCUT2D eigenvalue weighted by molar-refractivity contribution is 5.91. The average Bonchev–Trinajstić information content (AvgIpc) is 3.15. The number of nitrogens with one attached hydrogen (secondary N) is 3. The standard InChI is InChI=1S/C13H13N7O/c1-8-15-6-10(17-8)13(21)16-7-11-18-12(20-19-11)9-4-2-3-5-14-9/h2-6H,7H2,1H3,(H,15,17)(H,16,21)(H,18,19,20). The maximum absolute atomic E-state index is 11.9. The van der Waals surface area contributed by atoms with Gasteiger partial charge in [0, 0.05) is 6.20 Å². The Labute approximate surface area is 120 Å². The first-order valence-corrected chi connectivity index (χ1v) is 6.35. The lowest BCUT2D eigenvalue weighted by Crippen LogP contribution is -2.23. The van der Waals surface area contributed by atoms with Crippen molar-refractivity contribution in [1.82, 2.24) is 35.5 Å². The molecule has 0 spiro atoms. The molecule has 0 aliphatic rings. The van der Waals surface area contributed by atoms with Gasteiger partial charge in [-0.15, -0.1) is 0 Å². The molecule has 0 fully saturated rings. The van der Waals surface area contributed by atoms with E-state index in [1.54, 1.807) is 13.1 Å². The van der Waals surface area contributed by atoms with E-state index in [2.05, 4.69) is 35.5 Å². The van der Waals surface area contributed by atoms with Crippen molar-refractivity contribution in [1.29, 1.82) is 0 Å². The predicted octanol–water partition coefficient (Wildman–Crippen LogP) is 0.828. The van der Waals surface area contributed by atoms with Crippen molar-refractivity contribution >= 4 is 5.91 Å². The molecule has 0 unspecified atom stereocenters. The van der Waals surface area contributed by atoms with E-state index in [9.17, 15) is 4.79 Å². The van der Waals surface area contributed by atoms with Crippen LogP contribution in [-0.2, 0) is 6.54 Å². The van der Waals surface area contributed by atoms with Crippen LogP contribution in [-0.4, -0.2) is 36.0 Å². The van der Waals surface area contributed by atoms with E-state index in [1.807, 2.05) is 18.2 Å². The summed E-state index contributed by atoms with van der Waals surface area (Å²) in [7, 11) is 0. The Morgan fingerprint density at radius 3 is 2.95 bits per heavy atom. The minimum atomic E-state index is -0.244. The number of aromatic nitrogens is 6. The van der Waals surface area contributed by atoms with Gasteiger partial charge in [-0.3, -0.25) is 14.9 Å². The van der Waals surface area contributed by atoms with E-state index in [1.165, 1.54) is 6.20 Å². The fourth-order valence-electron chi connectivity index (χ4n) is 1.78. The number of rotatable bonds is 4. The van der Waals surface area contributed by atoms with Crippen molar-refractivity contribution < 1.29 is 4.79 Å². The summed E-state index contributed by atoms with van der Waals surface area (Å²) in [5.74, 6) is 1.50. The summed E-state index contributed by atoms with van der Waals surface area (Å²) in [5.41, 5.74) is 1.09. The number of pyridine rings is 1. The van der Waals surface area contributed by atoms with Crippen LogP contribution in [0.4, 0.5) is 0 Å². The number of aromatic amines is 2. The molecule has 3 N–H and O–H groups in total. The number of carbonyl (C=O) groups excluding carboxylic acids is 1. The summed E-state index contributed by atoms with van der Waals surface area (Å²) in [6, 6.07) is 5.50. The molecule has 1 amide bonds.